The van der Waals surface area contributed by atoms with Crippen LogP contribution in [-0.4, -0.2) is 19.4 Å². The summed E-state index contributed by atoms with van der Waals surface area (Å²) in [5.74, 6) is 2.34. The number of carbonyl (C=O) groups is 2. The van der Waals surface area contributed by atoms with E-state index in [1.54, 1.807) is 0 Å². The molecule has 110 valence electrons. The number of hydrogen-bond acceptors (Lipinski definition) is 3. The van der Waals surface area contributed by atoms with Gasteiger partial charge in [-0.05, 0) is 49.4 Å². The van der Waals surface area contributed by atoms with Crippen LogP contribution in [0.4, 0.5) is 0 Å². The number of fused-ring (bicyclic) bond motifs is 2. The van der Waals surface area contributed by atoms with E-state index in [0.29, 0.717) is 36.5 Å². The van der Waals surface area contributed by atoms with Gasteiger partial charge in [0.2, 0.25) is 0 Å². The minimum absolute atomic E-state index is 0.136. The van der Waals surface area contributed by atoms with Gasteiger partial charge in [-0.2, -0.15) is 0 Å². The average Bonchev–Trinajstić information content (AvgIpc) is 3.05. The van der Waals surface area contributed by atoms with Gasteiger partial charge in [0.15, 0.2) is 0 Å². The topological polar surface area (TPSA) is 43.4 Å². The lowest BCUT2D eigenvalue weighted by Gasteiger charge is -2.25. The van der Waals surface area contributed by atoms with Crippen molar-refractivity contribution in [1.29, 1.82) is 0 Å². The number of ether oxygens (including phenoxy) is 1. The predicted molar refractivity (Wildman–Crippen MR) is 78.0 cm³/mol. The summed E-state index contributed by atoms with van der Waals surface area (Å²) >= 11 is 0. The van der Waals surface area contributed by atoms with Crippen molar-refractivity contribution in [2.75, 3.05) is 7.11 Å². The molecule has 0 N–H and O–H groups in total. The molecule has 20 heavy (non-hydrogen) atoms. The summed E-state index contributed by atoms with van der Waals surface area (Å²) < 4.78 is 4.61. The summed E-state index contributed by atoms with van der Waals surface area (Å²) in [6.45, 7) is 0. The number of methoxy groups -OCH3 is 1. The first-order valence-electron chi connectivity index (χ1n) is 7.60. The maximum absolute atomic E-state index is 11.0. The van der Waals surface area contributed by atoms with Gasteiger partial charge >= 0.3 is 5.97 Å². The largest absolute Gasteiger partial charge is 0.469 e. The summed E-state index contributed by atoms with van der Waals surface area (Å²) in [6.07, 6.45) is 15.4. The molecule has 3 heteroatoms. The van der Waals surface area contributed by atoms with Crippen LogP contribution in [0.3, 0.4) is 0 Å². The molecular weight excluding hydrogens is 252 g/mol. The summed E-state index contributed by atoms with van der Waals surface area (Å²) in [5.41, 5.74) is 0. The van der Waals surface area contributed by atoms with Crippen LogP contribution in [0.15, 0.2) is 24.3 Å². The molecule has 2 rings (SSSR count). The summed E-state index contributed by atoms with van der Waals surface area (Å²) in [5, 5.41) is 0. The first-order chi connectivity index (χ1) is 9.76. The molecule has 0 heterocycles. The quantitative estimate of drug-likeness (QED) is 0.296. The molecule has 3 nitrogen and oxygen atoms in total. The highest BCUT2D eigenvalue weighted by atomic mass is 16.5. The lowest BCUT2D eigenvalue weighted by atomic mass is 9.79. The zero-order valence-corrected chi connectivity index (χ0v) is 12.2. The number of rotatable bonds is 8. The Bertz CT molecular complexity index is 397. The fourth-order valence-electron chi connectivity index (χ4n) is 3.67. The summed E-state index contributed by atoms with van der Waals surface area (Å²) in [7, 11) is 1.42. The second-order valence-corrected chi connectivity index (χ2v) is 5.85. The van der Waals surface area contributed by atoms with E-state index in [1.165, 1.54) is 13.5 Å². The van der Waals surface area contributed by atoms with Gasteiger partial charge in [-0.15, -0.1) is 0 Å². The summed E-state index contributed by atoms with van der Waals surface area (Å²) in [6, 6.07) is 0. The number of carbonyl (C=O) groups excluding carboxylic acids is 2. The Kier molecular flexibility index (Phi) is 5.57. The van der Waals surface area contributed by atoms with E-state index in [0.717, 1.165) is 25.5 Å². The van der Waals surface area contributed by atoms with Crippen molar-refractivity contribution in [2.24, 2.45) is 23.7 Å². The van der Waals surface area contributed by atoms with Crippen LogP contribution in [-0.2, 0) is 14.3 Å². The van der Waals surface area contributed by atoms with Gasteiger partial charge in [-0.25, -0.2) is 0 Å². The molecule has 1 saturated carbocycles. The minimum Gasteiger partial charge on any atom is -0.469 e. The van der Waals surface area contributed by atoms with Crippen molar-refractivity contribution in [3.8, 4) is 0 Å². The highest BCUT2D eigenvalue weighted by molar-refractivity contribution is 5.69. The lowest BCUT2D eigenvalue weighted by Crippen LogP contribution is -2.19. The smallest absolute Gasteiger partial charge is 0.305 e. The van der Waals surface area contributed by atoms with Crippen LogP contribution >= 0.6 is 0 Å². The number of allylic oxidation sites excluding steroid dienone is 4. The van der Waals surface area contributed by atoms with E-state index in [2.05, 4.69) is 29.0 Å². The standard InChI is InChI=1S/C17H24O3/c1-20-17(19)7-5-3-2-4-6-15-13-8-9-14(12-13)16(15)10-11-18/h2,4,8-9,11,13-16H,3,5-7,10,12H2,1H3/b4-2-. The third-order valence-corrected chi connectivity index (χ3v) is 4.72. The van der Waals surface area contributed by atoms with E-state index in [9.17, 15) is 9.59 Å². The van der Waals surface area contributed by atoms with E-state index in [4.69, 9.17) is 0 Å². The van der Waals surface area contributed by atoms with Crippen molar-refractivity contribution in [2.45, 2.75) is 38.5 Å². The van der Waals surface area contributed by atoms with Gasteiger partial charge in [-0.1, -0.05) is 24.3 Å². The van der Waals surface area contributed by atoms with Crippen LogP contribution in [0.5, 0.6) is 0 Å². The van der Waals surface area contributed by atoms with Gasteiger partial charge < -0.3 is 9.53 Å². The van der Waals surface area contributed by atoms with Crippen molar-refractivity contribution < 1.29 is 14.3 Å². The first kappa shape index (κ1) is 15.0. The van der Waals surface area contributed by atoms with Gasteiger partial charge in [0.1, 0.15) is 6.29 Å². The zero-order valence-electron chi connectivity index (χ0n) is 12.2. The molecule has 0 aromatic carbocycles. The van der Waals surface area contributed by atoms with Crippen molar-refractivity contribution in [3.05, 3.63) is 24.3 Å². The Balaban J connectivity index is 1.71. The molecule has 0 spiro atoms. The first-order valence-corrected chi connectivity index (χ1v) is 7.60. The summed E-state index contributed by atoms with van der Waals surface area (Å²) in [4.78, 5) is 21.8. The second-order valence-electron chi connectivity index (χ2n) is 5.85. The molecule has 1 fully saturated rings. The predicted octanol–water partition coefficient (Wildman–Crippen LogP) is 3.30. The molecule has 0 amide bonds. The molecule has 4 unspecified atom stereocenters. The molecule has 0 aromatic heterocycles. The van der Waals surface area contributed by atoms with Crippen LogP contribution in [0.1, 0.15) is 38.5 Å². The molecule has 0 radical (unpaired) electrons. The fourth-order valence-corrected chi connectivity index (χ4v) is 3.67. The van der Waals surface area contributed by atoms with Crippen LogP contribution in [0, 0.1) is 23.7 Å². The van der Waals surface area contributed by atoms with E-state index in [1.807, 2.05) is 0 Å². The Morgan fingerprint density at radius 3 is 2.55 bits per heavy atom. The molecular formula is C17H24O3. The molecule has 2 aliphatic carbocycles. The van der Waals surface area contributed by atoms with Crippen molar-refractivity contribution in [1.82, 2.24) is 0 Å². The maximum Gasteiger partial charge on any atom is 0.305 e. The SMILES string of the molecule is COC(=O)CCC/C=C\CC1C2C=CC(C2)C1CC=O. The van der Waals surface area contributed by atoms with Crippen LogP contribution in [0.2, 0.25) is 0 Å². The Morgan fingerprint density at radius 1 is 1.20 bits per heavy atom. The zero-order chi connectivity index (χ0) is 14.4. The average molecular weight is 276 g/mol. The normalized spacial score (nSPS) is 31.1. The Hall–Kier alpha value is -1.38. The van der Waals surface area contributed by atoms with E-state index in [-0.39, 0.29) is 5.97 Å². The number of esters is 1. The van der Waals surface area contributed by atoms with E-state index >= 15 is 0 Å². The van der Waals surface area contributed by atoms with Gasteiger partial charge in [0.25, 0.3) is 0 Å². The van der Waals surface area contributed by atoms with Crippen molar-refractivity contribution >= 4 is 12.3 Å². The second kappa shape index (κ2) is 7.41. The minimum atomic E-state index is -0.136. The van der Waals surface area contributed by atoms with Crippen LogP contribution < -0.4 is 0 Å². The number of hydrogen-bond donors (Lipinski definition) is 0. The highest BCUT2D eigenvalue weighted by Crippen LogP contribution is 2.50. The monoisotopic (exact) mass is 276 g/mol. The Labute approximate surface area is 121 Å². The molecule has 0 aliphatic heterocycles. The highest BCUT2D eigenvalue weighted by Gasteiger charge is 2.42. The molecule has 0 saturated heterocycles. The maximum atomic E-state index is 11.0. The molecule has 2 aliphatic rings. The van der Waals surface area contributed by atoms with Gasteiger partial charge in [0.05, 0.1) is 7.11 Å². The third-order valence-electron chi connectivity index (χ3n) is 4.72. The number of aldehydes is 1. The van der Waals surface area contributed by atoms with Crippen LogP contribution in [0.25, 0.3) is 0 Å². The fraction of sp³-hybridized carbons (Fsp3) is 0.647. The third kappa shape index (κ3) is 3.59. The van der Waals surface area contributed by atoms with E-state index < -0.39 is 0 Å². The molecule has 2 bridgehead atoms. The lowest BCUT2D eigenvalue weighted by molar-refractivity contribution is -0.140. The number of unbranched alkanes of at least 4 members (excludes halogenated alkanes) is 1. The van der Waals surface area contributed by atoms with Gasteiger partial charge in [-0.3, -0.25) is 4.79 Å². The molecule has 4 atom stereocenters. The molecule has 0 aromatic rings. The Morgan fingerprint density at radius 2 is 1.90 bits per heavy atom. The van der Waals surface area contributed by atoms with Gasteiger partial charge in [0, 0.05) is 12.8 Å². The van der Waals surface area contributed by atoms with Crippen molar-refractivity contribution in [3.63, 3.8) is 0 Å².